The minimum Gasteiger partial charge on any atom is -0.489 e. The van der Waals surface area contributed by atoms with Crippen molar-refractivity contribution in [3.05, 3.63) is 46.4 Å². The highest BCUT2D eigenvalue weighted by Crippen LogP contribution is 2.20. The largest absolute Gasteiger partial charge is 0.489 e. The Labute approximate surface area is 134 Å². The summed E-state index contributed by atoms with van der Waals surface area (Å²) in [5.74, 6) is 1.09. The number of aromatic nitrogens is 1. The van der Waals surface area contributed by atoms with Gasteiger partial charge in [-0.3, -0.25) is 4.79 Å². The van der Waals surface area contributed by atoms with Crippen molar-refractivity contribution >= 4 is 17.2 Å². The van der Waals surface area contributed by atoms with Crippen LogP contribution in [-0.4, -0.2) is 35.0 Å². The van der Waals surface area contributed by atoms with Gasteiger partial charge in [0.2, 0.25) is 5.91 Å². The molecular weight excluding hydrogens is 296 g/mol. The maximum absolute atomic E-state index is 12.3. The van der Waals surface area contributed by atoms with E-state index in [9.17, 15) is 4.79 Å². The van der Waals surface area contributed by atoms with Crippen LogP contribution in [-0.2, 0) is 11.2 Å². The van der Waals surface area contributed by atoms with Crippen LogP contribution in [0, 0.1) is 6.92 Å². The first-order chi connectivity index (χ1) is 10.7. The summed E-state index contributed by atoms with van der Waals surface area (Å²) >= 11 is 1.63. The molecule has 0 N–H and O–H groups in total. The zero-order chi connectivity index (χ0) is 15.4. The molecule has 2 aromatic rings. The number of ether oxygens (including phenoxy) is 1. The molecule has 1 saturated heterocycles. The molecule has 22 heavy (non-hydrogen) atoms. The summed E-state index contributed by atoms with van der Waals surface area (Å²) in [5, 5.41) is 0. The van der Waals surface area contributed by atoms with Crippen molar-refractivity contribution in [2.75, 3.05) is 13.1 Å². The van der Waals surface area contributed by atoms with E-state index in [0.717, 1.165) is 30.8 Å². The monoisotopic (exact) mass is 316 g/mol. The van der Waals surface area contributed by atoms with E-state index in [0.29, 0.717) is 13.0 Å². The number of para-hydroxylation sites is 1. The molecule has 0 bridgehead atoms. The number of thiazole rings is 1. The van der Waals surface area contributed by atoms with Gasteiger partial charge >= 0.3 is 0 Å². The van der Waals surface area contributed by atoms with Gasteiger partial charge in [0, 0.05) is 24.3 Å². The molecule has 0 spiro atoms. The zero-order valence-corrected chi connectivity index (χ0v) is 13.5. The van der Waals surface area contributed by atoms with Gasteiger partial charge in [0.1, 0.15) is 11.9 Å². The fraction of sp³-hybridized carbons (Fsp3) is 0.412. The molecule has 1 amide bonds. The van der Waals surface area contributed by atoms with Crippen molar-refractivity contribution in [1.82, 2.24) is 9.88 Å². The van der Waals surface area contributed by atoms with Crippen LogP contribution in [0.3, 0.4) is 0 Å². The highest BCUT2D eigenvalue weighted by Gasteiger charge is 2.27. The SMILES string of the molecule is Cc1ncsc1CCC(=O)N1CC[C@H](Oc2ccccc2)C1. The highest BCUT2D eigenvalue weighted by atomic mass is 32.1. The van der Waals surface area contributed by atoms with E-state index in [1.807, 2.05) is 47.7 Å². The van der Waals surface area contributed by atoms with Gasteiger partial charge in [-0.1, -0.05) is 18.2 Å². The first-order valence-corrected chi connectivity index (χ1v) is 8.49. The smallest absolute Gasteiger partial charge is 0.223 e. The Bertz CT molecular complexity index is 627. The maximum atomic E-state index is 12.3. The van der Waals surface area contributed by atoms with E-state index < -0.39 is 0 Å². The van der Waals surface area contributed by atoms with Crippen LogP contribution < -0.4 is 4.74 Å². The van der Waals surface area contributed by atoms with Crippen molar-refractivity contribution in [2.24, 2.45) is 0 Å². The average Bonchev–Trinajstić information content (AvgIpc) is 3.15. The minimum atomic E-state index is 0.108. The molecule has 0 saturated carbocycles. The maximum Gasteiger partial charge on any atom is 0.223 e. The number of amides is 1. The summed E-state index contributed by atoms with van der Waals surface area (Å²) < 4.78 is 5.92. The van der Waals surface area contributed by atoms with E-state index in [4.69, 9.17) is 4.74 Å². The molecule has 2 heterocycles. The third-order valence-corrected chi connectivity index (χ3v) is 4.95. The second-order valence-corrected chi connectivity index (χ2v) is 6.48. The van der Waals surface area contributed by atoms with Crippen molar-refractivity contribution in [1.29, 1.82) is 0 Å². The number of carbonyl (C=O) groups is 1. The number of hydrogen-bond acceptors (Lipinski definition) is 4. The lowest BCUT2D eigenvalue weighted by Gasteiger charge is -2.17. The molecule has 5 heteroatoms. The second-order valence-electron chi connectivity index (χ2n) is 5.54. The van der Waals surface area contributed by atoms with Crippen molar-refractivity contribution in [2.45, 2.75) is 32.3 Å². The van der Waals surface area contributed by atoms with Gasteiger partial charge < -0.3 is 9.64 Å². The van der Waals surface area contributed by atoms with Gasteiger partial charge in [-0.05, 0) is 25.5 Å². The standard InChI is InChI=1S/C17H20N2O2S/c1-13-16(22-12-18-13)7-8-17(20)19-10-9-15(11-19)21-14-5-3-2-4-6-14/h2-6,12,15H,7-11H2,1H3/t15-/m0/s1. The van der Waals surface area contributed by atoms with Crippen LogP contribution in [0.4, 0.5) is 0 Å². The zero-order valence-electron chi connectivity index (χ0n) is 12.7. The lowest BCUT2D eigenvalue weighted by molar-refractivity contribution is -0.130. The minimum absolute atomic E-state index is 0.108. The van der Waals surface area contributed by atoms with E-state index in [-0.39, 0.29) is 12.0 Å². The van der Waals surface area contributed by atoms with E-state index >= 15 is 0 Å². The average molecular weight is 316 g/mol. The van der Waals surface area contributed by atoms with Crippen molar-refractivity contribution in [3.63, 3.8) is 0 Å². The summed E-state index contributed by atoms with van der Waals surface area (Å²) in [6.45, 7) is 3.48. The van der Waals surface area contributed by atoms with E-state index in [1.165, 1.54) is 4.88 Å². The highest BCUT2D eigenvalue weighted by molar-refractivity contribution is 7.09. The lowest BCUT2D eigenvalue weighted by Crippen LogP contribution is -2.31. The van der Waals surface area contributed by atoms with Gasteiger partial charge in [0.25, 0.3) is 0 Å². The summed E-state index contributed by atoms with van der Waals surface area (Å²) in [4.78, 5) is 19.7. The number of nitrogens with zero attached hydrogens (tertiary/aromatic N) is 2. The molecular formula is C17H20N2O2S. The number of carbonyl (C=O) groups excluding carboxylic acids is 1. The van der Waals surface area contributed by atoms with Crippen LogP contribution in [0.15, 0.2) is 35.8 Å². The number of benzene rings is 1. The molecule has 0 aliphatic carbocycles. The Balaban J connectivity index is 1.47. The van der Waals surface area contributed by atoms with Crippen LogP contribution >= 0.6 is 11.3 Å². The van der Waals surface area contributed by atoms with Crippen molar-refractivity contribution < 1.29 is 9.53 Å². The van der Waals surface area contributed by atoms with Crippen LogP contribution in [0.25, 0.3) is 0 Å². The number of hydrogen-bond donors (Lipinski definition) is 0. The van der Waals surface area contributed by atoms with Gasteiger partial charge in [-0.25, -0.2) is 4.98 Å². The molecule has 1 aromatic heterocycles. The normalized spacial score (nSPS) is 17.7. The summed E-state index contributed by atoms with van der Waals surface area (Å²) in [6.07, 6.45) is 2.36. The molecule has 1 atom stereocenters. The van der Waals surface area contributed by atoms with Gasteiger partial charge in [-0.2, -0.15) is 0 Å². The van der Waals surface area contributed by atoms with Gasteiger partial charge in [0.15, 0.2) is 0 Å². The lowest BCUT2D eigenvalue weighted by atomic mass is 10.2. The number of rotatable bonds is 5. The molecule has 3 rings (SSSR count). The fourth-order valence-electron chi connectivity index (χ4n) is 2.69. The second kappa shape index (κ2) is 6.92. The summed E-state index contributed by atoms with van der Waals surface area (Å²) in [6, 6.07) is 9.81. The predicted octanol–water partition coefficient (Wildman–Crippen LogP) is 3.06. The van der Waals surface area contributed by atoms with Crippen LogP contribution in [0.5, 0.6) is 5.75 Å². The number of aryl methyl sites for hydroxylation is 2. The third kappa shape index (κ3) is 3.65. The fourth-order valence-corrected chi connectivity index (χ4v) is 3.47. The Morgan fingerprint density at radius 2 is 2.23 bits per heavy atom. The quantitative estimate of drug-likeness (QED) is 0.851. The van der Waals surface area contributed by atoms with E-state index in [1.54, 1.807) is 11.3 Å². The Morgan fingerprint density at radius 1 is 1.41 bits per heavy atom. The molecule has 0 unspecified atom stereocenters. The molecule has 1 aromatic carbocycles. The van der Waals surface area contributed by atoms with Gasteiger partial charge in [-0.15, -0.1) is 11.3 Å². The molecule has 0 radical (unpaired) electrons. The predicted molar refractivity (Wildman–Crippen MR) is 87.2 cm³/mol. The summed E-state index contributed by atoms with van der Waals surface area (Å²) in [7, 11) is 0. The molecule has 116 valence electrons. The first kappa shape index (κ1) is 15.0. The van der Waals surface area contributed by atoms with Gasteiger partial charge in [0.05, 0.1) is 17.7 Å². The first-order valence-electron chi connectivity index (χ1n) is 7.61. The van der Waals surface area contributed by atoms with E-state index in [2.05, 4.69) is 4.98 Å². The molecule has 4 nitrogen and oxygen atoms in total. The van der Waals surface area contributed by atoms with Crippen molar-refractivity contribution in [3.8, 4) is 5.75 Å². The number of likely N-dealkylation sites (tertiary alicyclic amines) is 1. The topological polar surface area (TPSA) is 42.4 Å². The molecule has 1 fully saturated rings. The Kier molecular flexibility index (Phi) is 4.73. The Morgan fingerprint density at radius 3 is 2.95 bits per heavy atom. The van der Waals surface area contributed by atoms with Crippen LogP contribution in [0.1, 0.15) is 23.4 Å². The molecule has 1 aliphatic rings. The third-order valence-electron chi connectivity index (χ3n) is 3.95. The van der Waals surface area contributed by atoms with Crippen LogP contribution in [0.2, 0.25) is 0 Å². The molecule has 1 aliphatic heterocycles. The summed E-state index contributed by atoms with van der Waals surface area (Å²) in [5.41, 5.74) is 2.89. The Hall–Kier alpha value is -1.88.